The molecule has 1 aromatic carbocycles. The van der Waals surface area contributed by atoms with Crippen molar-refractivity contribution in [2.75, 3.05) is 51.5 Å². The van der Waals surface area contributed by atoms with Crippen LogP contribution in [0.25, 0.3) is 0 Å². The summed E-state index contributed by atoms with van der Waals surface area (Å²) < 4.78 is 16.1. The van der Waals surface area contributed by atoms with E-state index >= 15 is 0 Å². The highest BCUT2D eigenvalue weighted by molar-refractivity contribution is 6.21. The van der Waals surface area contributed by atoms with Gasteiger partial charge in [0.05, 0.1) is 36.9 Å². The van der Waals surface area contributed by atoms with Gasteiger partial charge in [0.2, 0.25) is 0 Å². The molecule has 2 aliphatic heterocycles. The number of fused-ring (bicyclic) bond motifs is 1. The molecule has 0 radical (unpaired) electrons. The van der Waals surface area contributed by atoms with Gasteiger partial charge in [-0.15, -0.1) is 0 Å². The van der Waals surface area contributed by atoms with Crippen molar-refractivity contribution in [1.82, 2.24) is 9.97 Å². The molecule has 0 atom stereocenters. The highest BCUT2D eigenvalue weighted by Gasteiger charge is 2.23. The van der Waals surface area contributed by atoms with Crippen molar-refractivity contribution in [3.8, 4) is 5.75 Å². The highest BCUT2D eigenvalue weighted by atomic mass is 16.5. The van der Waals surface area contributed by atoms with E-state index in [9.17, 15) is 0 Å². The number of methoxy groups -OCH3 is 1. The molecule has 2 aliphatic rings. The van der Waals surface area contributed by atoms with Gasteiger partial charge in [-0.05, 0) is 18.2 Å². The lowest BCUT2D eigenvalue weighted by Crippen LogP contribution is -2.37. The molecule has 1 saturated heterocycles. The minimum Gasteiger partial charge on any atom is -0.491 e. The lowest BCUT2D eigenvalue weighted by molar-refractivity contribution is 0.122. The molecule has 25 heavy (non-hydrogen) atoms. The van der Waals surface area contributed by atoms with E-state index in [0.717, 1.165) is 60.5 Å². The fourth-order valence-electron chi connectivity index (χ4n) is 2.90. The van der Waals surface area contributed by atoms with E-state index in [2.05, 4.69) is 19.9 Å². The molecule has 0 amide bonds. The van der Waals surface area contributed by atoms with E-state index in [1.807, 2.05) is 24.3 Å². The number of nitrogens with zero attached hydrogens (tertiary/aromatic N) is 4. The molecule has 1 aromatic heterocycles. The largest absolute Gasteiger partial charge is 0.491 e. The van der Waals surface area contributed by atoms with Gasteiger partial charge in [0.1, 0.15) is 24.5 Å². The number of aromatic nitrogens is 2. The van der Waals surface area contributed by atoms with Crippen LogP contribution in [0, 0.1) is 0 Å². The van der Waals surface area contributed by atoms with Crippen molar-refractivity contribution in [3.63, 3.8) is 0 Å². The SMILES string of the molecule is COCCOc1ccc2c(c1)C(c1cc(N3CCOCC3)ncn1)=N2. The number of hydrogen-bond acceptors (Lipinski definition) is 7. The normalized spacial score (nSPS) is 16.0. The first-order valence-electron chi connectivity index (χ1n) is 8.35. The maximum atomic E-state index is 5.68. The number of benzene rings is 1. The topological polar surface area (TPSA) is 69.1 Å². The Morgan fingerprint density at radius 1 is 1.12 bits per heavy atom. The fraction of sp³-hybridized carbons (Fsp3) is 0.389. The fourth-order valence-corrected chi connectivity index (χ4v) is 2.90. The van der Waals surface area contributed by atoms with Gasteiger partial charge in [0.15, 0.2) is 0 Å². The van der Waals surface area contributed by atoms with E-state index < -0.39 is 0 Å². The molecular weight excluding hydrogens is 320 g/mol. The second-order valence-electron chi connectivity index (χ2n) is 5.84. The van der Waals surface area contributed by atoms with Crippen molar-refractivity contribution in [3.05, 3.63) is 41.9 Å². The first kappa shape index (κ1) is 16.0. The maximum absolute atomic E-state index is 5.68. The standard InChI is InChI=1S/C18H20N4O3/c1-23-8-9-25-13-2-3-15-14(10-13)18(21-15)16-11-17(20-12-19-16)22-4-6-24-7-5-22/h2-3,10-12H,4-9H2,1H3. The number of rotatable bonds is 6. The third-order valence-corrected chi connectivity index (χ3v) is 4.24. The van der Waals surface area contributed by atoms with Crippen molar-refractivity contribution in [2.45, 2.75) is 0 Å². The van der Waals surface area contributed by atoms with Gasteiger partial charge in [-0.25, -0.2) is 15.0 Å². The first-order valence-corrected chi connectivity index (χ1v) is 8.35. The van der Waals surface area contributed by atoms with Crippen LogP contribution >= 0.6 is 0 Å². The molecule has 130 valence electrons. The third kappa shape index (κ3) is 3.33. The quantitative estimate of drug-likeness (QED) is 0.638. The third-order valence-electron chi connectivity index (χ3n) is 4.24. The Balaban J connectivity index is 1.52. The molecule has 0 aliphatic carbocycles. The predicted molar refractivity (Wildman–Crippen MR) is 94.2 cm³/mol. The molecule has 0 saturated carbocycles. The molecule has 7 nitrogen and oxygen atoms in total. The van der Waals surface area contributed by atoms with Gasteiger partial charge in [0, 0.05) is 31.8 Å². The van der Waals surface area contributed by atoms with Gasteiger partial charge in [0.25, 0.3) is 0 Å². The van der Waals surface area contributed by atoms with Crippen LogP contribution in [0.3, 0.4) is 0 Å². The Morgan fingerprint density at radius 2 is 2.00 bits per heavy atom. The number of hydrogen-bond donors (Lipinski definition) is 0. The van der Waals surface area contributed by atoms with Crippen LogP contribution in [0.15, 0.2) is 35.6 Å². The summed E-state index contributed by atoms with van der Waals surface area (Å²) in [4.78, 5) is 15.6. The summed E-state index contributed by atoms with van der Waals surface area (Å²) in [7, 11) is 1.66. The summed E-state index contributed by atoms with van der Waals surface area (Å²) in [6, 6.07) is 7.88. The van der Waals surface area contributed by atoms with Crippen LogP contribution in [-0.2, 0) is 9.47 Å². The van der Waals surface area contributed by atoms with Gasteiger partial charge in [-0.3, -0.25) is 0 Å². The van der Waals surface area contributed by atoms with Crippen LogP contribution in [0.1, 0.15) is 11.3 Å². The summed E-state index contributed by atoms with van der Waals surface area (Å²) in [6.07, 6.45) is 1.60. The second kappa shape index (κ2) is 7.16. The van der Waals surface area contributed by atoms with Crippen molar-refractivity contribution >= 4 is 17.2 Å². The number of anilines is 1. The highest BCUT2D eigenvalue weighted by Crippen LogP contribution is 2.35. The van der Waals surface area contributed by atoms with Gasteiger partial charge < -0.3 is 19.1 Å². The zero-order chi connectivity index (χ0) is 17.1. The molecule has 2 aromatic rings. The minimum atomic E-state index is 0.524. The number of aliphatic imine (C=N–C) groups is 1. The number of morpholine rings is 1. The lowest BCUT2D eigenvalue weighted by atomic mass is 9.99. The summed E-state index contributed by atoms with van der Waals surface area (Å²) in [5.41, 5.74) is 3.73. The molecule has 4 rings (SSSR count). The molecule has 7 heteroatoms. The van der Waals surface area contributed by atoms with Crippen LogP contribution in [-0.4, -0.2) is 62.3 Å². The smallest absolute Gasteiger partial charge is 0.132 e. The molecule has 0 spiro atoms. The van der Waals surface area contributed by atoms with Crippen molar-refractivity contribution in [1.29, 1.82) is 0 Å². The molecule has 0 N–H and O–H groups in total. The zero-order valence-corrected chi connectivity index (χ0v) is 14.1. The average Bonchev–Trinajstić information content (AvgIpc) is 2.65. The predicted octanol–water partition coefficient (Wildman–Crippen LogP) is 1.82. The van der Waals surface area contributed by atoms with Crippen LogP contribution < -0.4 is 9.64 Å². The van der Waals surface area contributed by atoms with Crippen molar-refractivity contribution in [2.24, 2.45) is 4.99 Å². The Bertz CT molecular complexity index is 788. The summed E-state index contributed by atoms with van der Waals surface area (Å²) >= 11 is 0. The van der Waals surface area contributed by atoms with Crippen molar-refractivity contribution < 1.29 is 14.2 Å². The van der Waals surface area contributed by atoms with Gasteiger partial charge >= 0.3 is 0 Å². The number of ether oxygens (including phenoxy) is 3. The second-order valence-corrected chi connectivity index (χ2v) is 5.84. The van der Waals surface area contributed by atoms with E-state index in [1.165, 1.54) is 0 Å². The van der Waals surface area contributed by atoms with E-state index in [-0.39, 0.29) is 0 Å². The Hall–Kier alpha value is -2.51. The Labute approximate surface area is 146 Å². The Morgan fingerprint density at radius 3 is 2.84 bits per heavy atom. The summed E-state index contributed by atoms with van der Waals surface area (Å²) in [5.74, 6) is 1.72. The van der Waals surface area contributed by atoms with E-state index in [4.69, 9.17) is 14.2 Å². The molecule has 3 heterocycles. The summed E-state index contributed by atoms with van der Waals surface area (Å²) in [5, 5.41) is 0. The molecular formula is C18H20N4O3. The summed E-state index contributed by atoms with van der Waals surface area (Å²) in [6.45, 7) is 4.23. The average molecular weight is 340 g/mol. The van der Waals surface area contributed by atoms with Crippen LogP contribution in [0.2, 0.25) is 0 Å². The van der Waals surface area contributed by atoms with Gasteiger partial charge in [-0.1, -0.05) is 0 Å². The lowest BCUT2D eigenvalue weighted by Gasteiger charge is -2.28. The van der Waals surface area contributed by atoms with E-state index in [0.29, 0.717) is 13.2 Å². The first-order chi connectivity index (χ1) is 12.3. The zero-order valence-electron chi connectivity index (χ0n) is 14.1. The molecule has 1 fully saturated rings. The van der Waals surface area contributed by atoms with Crippen LogP contribution in [0.4, 0.5) is 11.5 Å². The molecule has 0 bridgehead atoms. The van der Waals surface area contributed by atoms with Crippen LogP contribution in [0.5, 0.6) is 5.75 Å². The molecule has 0 unspecified atom stereocenters. The van der Waals surface area contributed by atoms with E-state index in [1.54, 1.807) is 13.4 Å². The van der Waals surface area contributed by atoms with Gasteiger partial charge in [-0.2, -0.15) is 0 Å². The maximum Gasteiger partial charge on any atom is 0.132 e. The monoisotopic (exact) mass is 340 g/mol. The minimum absolute atomic E-state index is 0.524. The Kier molecular flexibility index (Phi) is 4.58.